The summed E-state index contributed by atoms with van der Waals surface area (Å²) >= 11 is 0. The molecule has 0 bridgehead atoms. The molecule has 2 rings (SSSR count). The molecule has 5 nitrogen and oxygen atoms in total. The largest absolute Gasteiger partial charge is 0.383 e. The molecule has 1 heterocycles. The zero-order valence-corrected chi connectivity index (χ0v) is 11.3. The Hall–Kier alpha value is -1.72. The third kappa shape index (κ3) is 4.46. The van der Waals surface area contributed by atoms with E-state index in [1.165, 1.54) is 5.56 Å². The number of rotatable bonds is 7. The predicted octanol–water partition coefficient (Wildman–Crippen LogP) is 1.78. The van der Waals surface area contributed by atoms with Crippen LogP contribution in [0.5, 0.6) is 0 Å². The van der Waals surface area contributed by atoms with Gasteiger partial charge in [0.1, 0.15) is 0 Å². The minimum atomic E-state index is 0.259. The highest BCUT2D eigenvalue weighted by molar-refractivity contribution is 5.18. The van der Waals surface area contributed by atoms with E-state index in [0.717, 1.165) is 0 Å². The molecule has 1 atom stereocenters. The molecule has 1 aromatic heterocycles. The van der Waals surface area contributed by atoms with Gasteiger partial charge in [-0.15, -0.1) is 0 Å². The molecule has 5 heteroatoms. The van der Waals surface area contributed by atoms with Crippen molar-refractivity contribution in [3.8, 4) is 0 Å². The number of benzene rings is 1. The fourth-order valence-electron chi connectivity index (χ4n) is 1.78. The second kappa shape index (κ2) is 7.01. The summed E-state index contributed by atoms with van der Waals surface area (Å²) in [7, 11) is 1.68. The SMILES string of the molecule is COCC(C)NCc1nc(Cc2ccccc2)no1. The molecule has 0 saturated carbocycles. The lowest BCUT2D eigenvalue weighted by atomic mass is 10.1. The fraction of sp³-hybridized carbons (Fsp3) is 0.429. The molecule has 0 aliphatic carbocycles. The number of hydrogen-bond acceptors (Lipinski definition) is 5. The van der Waals surface area contributed by atoms with E-state index >= 15 is 0 Å². The molecular formula is C14H19N3O2. The minimum Gasteiger partial charge on any atom is -0.383 e. The number of nitrogens with one attached hydrogen (secondary N) is 1. The molecule has 1 unspecified atom stereocenters. The average molecular weight is 261 g/mol. The summed E-state index contributed by atoms with van der Waals surface area (Å²) in [4.78, 5) is 4.36. The van der Waals surface area contributed by atoms with Crippen molar-refractivity contribution in [2.24, 2.45) is 0 Å². The molecule has 19 heavy (non-hydrogen) atoms. The molecule has 0 spiro atoms. The van der Waals surface area contributed by atoms with Crippen molar-refractivity contribution in [2.75, 3.05) is 13.7 Å². The van der Waals surface area contributed by atoms with Crippen LogP contribution < -0.4 is 5.32 Å². The molecule has 0 aliphatic rings. The first-order chi connectivity index (χ1) is 9.28. The van der Waals surface area contributed by atoms with Gasteiger partial charge in [0.2, 0.25) is 5.89 Å². The van der Waals surface area contributed by atoms with Crippen LogP contribution in [0.15, 0.2) is 34.9 Å². The average Bonchev–Trinajstić information content (AvgIpc) is 2.86. The Morgan fingerprint density at radius 3 is 2.84 bits per heavy atom. The highest BCUT2D eigenvalue weighted by Gasteiger charge is 2.08. The van der Waals surface area contributed by atoms with Crippen molar-refractivity contribution < 1.29 is 9.26 Å². The Morgan fingerprint density at radius 2 is 2.11 bits per heavy atom. The molecule has 0 saturated heterocycles. The van der Waals surface area contributed by atoms with Gasteiger partial charge < -0.3 is 14.6 Å². The Kier molecular flexibility index (Phi) is 5.06. The molecule has 0 fully saturated rings. The van der Waals surface area contributed by atoms with Crippen LogP contribution >= 0.6 is 0 Å². The molecule has 0 aliphatic heterocycles. The Balaban J connectivity index is 1.85. The van der Waals surface area contributed by atoms with Crippen molar-refractivity contribution in [1.82, 2.24) is 15.5 Å². The van der Waals surface area contributed by atoms with Gasteiger partial charge in [0, 0.05) is 19.6 Å². The van der Waals surface area contributed by atoms with E-state index in [4.69, 9.17) is 9.26 Å². The van der Waals surface area contributed by atoms with Crippen LogP contribution in [0.25, 0.3) is 0 Å². The molecule has 102 valence electrons. The van der Waals surface area contributed by atoms with Crippen LogP contribution in [0.4, 0.5) is 0 Å². The van der Waals surface area contributed by atoms with Crippen molar-refractivity contribution in [3.05, 3.63) is 47.6 Å². The lowest BCUT2D eigenvalue weighted by molar-refractivity contribution is 0.169. The quantitative estimate of drug-likeness (QED) is 0.823. The third-order valence-corrected chi connectivity index (χ3v) is 2.73. The maximum atomic E-state index is 5.20. The Bertz CT molecular complexity index is 484. The summed E-state index contributed by atoms with van der Waals surface area (Å²) in [6.07, 6.45) is 0.692. The van der Waals surface area contributed by atoms with E-state index in [0.29, 0.717) is 31.3 Å². The number of methoxy groups -OCH3 is 1. The van der Waals surface area contributed by atoms with Gasteiger partial charge in [0.05, 0.1) is 13.2 Å². The zero-order valence-electron chi connectivity index (χ0n) is 11.3. The van der Waals surface area contributed by atoms with Gasteiger partial charge in [-0.1, -0.05) is 35.5 Å². The minimum absolute atomic E-state index is 0.259. The van der Waals surface area contributed by atoms with Gasteiger partial charge in [0.25, 0.3) is 0 Å². The Morgan fingerprint density at radius 1 is 1.32 bits per heavy atom. The second-order valence-electron chi connectivity index (χ2n) is 4.50. The summed E-state index contributed by atoms with van der Waals surface area (Å²) in [6.45, 7) is 3.27. The van der Waals surface area contributed by atoms with Gasteiger partial charge in [-0.25, -0.2) is 0 Å². The van der Waals surface area contributed by atoms with Crippen molar-refractivity contribution >= 4 is 0 Å². The summed E-state index contributed by atoms with van der Waals surface area (Å²) < 4.78 is 10.2. The maximum absolute atomic E-state index is 5.20. The summed E-state index contributed by atoms with van der Waals surface area (Å²) in [5, 5.41) is 7.23. The molecular weight excluding hydrogens is 242 g/mol. The van der Waals surface area contributed by atoms with E-state index in [1.54, 1.807) is 7.11 Å². The van der Waals surface area contributed by atoms with E-state index in [2.05, 4.69) is 27.6 Å². The van der Waals surface area contributed by atoms with Gasteiger partial charge in [-0.3, -0.25) is 0 Å². The molecule has 1 N–H and O–H groups in total. The van der Waals surface area contributed by atoms with Crippen molar-refractivity contribution in [3.63, 3.8) is 0 Å². The molecule has 2 aromatic rings. The van der Waals surface area contributed by atoms with Gasteiger partial charge in [0.15, 0.2) is 5.82 Å². The third-order valence-electron chi connectivity index (χ3n) is 2.73. The predicted molar refractivity (Wildman–Crippen MR) is 71.7 cm³/mol. The lowest BCUT2D eigenvalue weighted by Gasteiger charge is -2.09. The van der Waals surface area contributed by atoms with E-state index in [9.17, 15) is 0 Å². The number of aromatic nitrogens is 2. The van der Waals surface area contributed by atoms with Gasteiger partial charge in [-0.2, -0.15) is 4.98 Å². The van der Waals surface area contributed by atoms with Crippen LogP contribution in [-0.4, -0.2) is 29.9 Å². The second-order valence-corrected chi connectivity index (χ2v) is 4.50. The van der Waals surface area contributed by atoms with Crippen LogP contribution in [0.2, 0.25) is 0 Å². The summed E-state index contributed by atoms with van der Waals surface area (Å²) in [5.41, 5.74) is 1.18. The van der Waals surface area contributed by atoms with Crippen molar-refractivity contribution in [1.29, 1.82) is 0 Å². The van der Waals surface area contributed by atoms with Crippen LogP contribution in [0.3, 0.4) is 0 Å². The first-order valence-corrected chi connectivity index (χ1v) is 6.35. The topological polar surface area (TPSA) is 60.2 Å². The number of hydrogen-bond donors (Lipinski definition) is 1. The highest BCUT2D eigenvalue weighted by atomic mass is 16.5. The number of ether oxygens (including phenoxy) is 1. The zero-order chi connectivity index (χ0) is 13.5. The van der Waals surface area contributed by atoms with Crippen LogP contribution in [-0.2, 0) is 17.7 Å². The van der Waals surface area contributed by atoms with Crippen LogP contribution in [0.1, 0.15) is 24.2 Å². The summed E-state index contributed by atoms with van der Waals surface area (Å²) in [6, 6.07) is 10.4. The fourth-order valence-corrected chi connectivity index (χ4v) is 1.78. The molecule has 1 aromatic carbocycles. The monoisotopic (exact) mass is 261 g/mol. The first kappa shape index (κ1) is 13.7. The van der Waals surface area contributed by atoms with E-state index < -0.39 is 0 Å². The lowest BCUT2D eigenvalue weighted by Crippen LogP contribution is -2.29. The van der Waals surface area contributed by atoms with Gasteiger partial charge in [-0.05, 0) is 12.5 Å². The first-order valence-electron chi connectivity index (χ1n) is 6.35. The Labute approximate surface area is 113 Å². The number of nitrogens with zero attached hydrogens (tertiary/aromatic N) is 2. The van der Waals surface area contributed by atoms with Crippen LogP contribution in [0, 0.1) is 0 Å². The normalized spacial score (nSPS) is 12.5. The maximum Gasteiger partial charge on any atom is 0.240 e. The van der Waals surface area contributed by atoms with Crippen molar-refractivity contribution in [2.45, 2.75) is 25.9 Å². The smallest absolute Gasteiger partial charge is 0.240 e. The highest BCUT2D eigenvalue weighted by Crippen LogP contribution is 2.06. The molecule has 0 radical (unpaired) electrons. The summed E-state index contributed by atoms with van der Waals surface area (Å²) in [5.74, 6) is 1.32. The van der Waals surface area contributed by atoms with E-state index in [-0.39, 0.29) is 6.04 Å². The van der Waals surface area contributed by atoms with Gasteiger partial charge >= 0.3 is 0 Å². The van der Waals surface area contributed by atoms with E-state index in [1.807, 2.05) is 25.1 Å². The molecule has 0 amide bonds. The standard InChI is InChI=1S/C14H19N3O2/c1-11(10-18-2)15-9-14-16-13(17-19-14)8-12-6-4-3-5-7-12/h3-7,11,15H,8-10H2,1-2H3.